The van der Waals surface area contributed by atoms with Gasteiger partial charge in [-0.05, 0) is 155 Å². The summed E-state index contributed by atoms with van der Waals surface area (Å²) in [6, 6.07) is 106. The second kappa shape index (κ2) is 32.3. The molecule has 0 aliphatic heterocycles. The van der Waals surface area contributed by atoms with E-state index >= 15 is 0 Å². The van der Waals surface area contributed by atoms with Gasteiger partial charge in [0.2, 0.25) is 0 Å². The summed E-state index contributed by atoms with van der Waals surface area (Å²) in [5, 5.41) is 73.5. The SMILES string of the molecule is COc1c(-c2cc(-c3ccc(C)cc3)n[nH]2)ccc2ccccc12.Cc1cccc(-c2cc(-c3ccccc3O)n(C)n2)c1.Oc1c(-c2cc(-c3ccco3)nn2-c2ccccc2)ccc2ccccc12.Oc1c(-c2cc(-c3cccs3)[nH]n2)ccc2ccccc12.c1coc(-c2cc(-c3cccc4ccccc34)n[nH]2)c1. The van der Waals surface area contributed by atoms with Gasteiger partial charge in [0.15, 0.2) is 11.5 Å². The second-order valence-corrected chi connectivity index (χ2v) is 27.6. The Bertz CT molecular complexity index is 6590. The Kier molecular flexibility index (Phi) is 20.6. The zero-order valence-electron chi connectivity index (χ0n) is 61.4. The van der Waals surface area contributed by atoms with Gasteiger partial charge >= 0.3 is 0 Å². The van der Waals surface area contributed by atoms with Gasteiger partial charge in [-0.25, -0.2) is 4.68 Å². The lowest BCUT2D eigenvalue weighted by atomic mass is 10.0. The van der Waals surface area contributed by atoms with Crippen molar-refractivity contribution in [3.63, 3.8) is 0 Å². The number of methoxy groups -OCH3 is 1. The number of aryl methyl sites for hydroxylation is 3. The number of hydrogen-bond acceptors (Lipinski definition) is 12. The Hall–Kier alpha value is -14.8. The van der Waals surface area contributed by atoms with Gasteiger partial charge in [-0.2, -0.15) is 25.5 Å². The molecule has 0 amide bonds. The van der Waals surface area contributed by atoms with Crippen molar-refractivity contribution in [1.29, 1.82) is 0 Å². The van der Waals surface area contributed by atoms with Crippen LogP contribution in [0.4, 0.5) is 0 Å². The third-order valence-corrected chi connectivity index (χ3v) is 20.2. The number of aromatic hydroxyl groups is 3. The fourth-order valence-corrected chi connectivity index (χ4v) is 14.3. The van der Waals surface area contributed by atoms with E-state index in [1.54, 1.807) is 41.7 Å². The molecule has 0 saturated carbocycles. The number of furan rings is 2. The predicted octanol–water partition coefficient (Wildman–Crippen LogP) is 23.8. The van der Waals surface area contributed by atoms with E-state index in [9.17, 15) is 15.3 Å². The Labute approximate surface area is 649 Å². The molecule has 0 unspecified atom stereocenters. The number of thiophene rings is 1. The van der Waals surface area contributed by atoms with Crippen molar-refractivity contribution in [2.24, 2.45) is 7.05 Å². The maximum absolute atomic E-state index is 10.9. The highest BCUT2D eigenvalue weighted by Crippen LogP contribution is 2.42. The number of benzene rings is 12. The third-order valence-electron chi connectivity index (χ3n) is 19.3. The molecular weight excluding hydrogens is 1410 g/mol. The lowest BCUT2D eigenvalue weighted by Crippen LogP contribution is -1.99. The van der Waals surface area contributed by atoms with Gasteiger partial charge in [0.25, 0.3) is 0 Å². The van der Waals surface area contributed by atoms with Crippen molar-refractivity contribution < 1.29 is 28.9 Å². The molecule has 12 aromatic carbocycles. The summed E-state index contributed by atoms with van der Waals surface area (Å²) in [6.45, 7) is 4.15. The molecule has 16 nitrogen and oxygen atoms in total. The average molecular weight is 1480 g/mol. The Morgan fingerprint density at radius 1 is 0.366 bits per heavy atom. The van der Waals surface area contributed by atoms with Crippen LogP contribution in [0.2, 0.25) is 0 Å². The van der Waals surface area contributed by atoms with Crippen LogP contribution < -0.4 is 4.74 Å². The Morgan fingerprint density at radius 2 is 0.911 bits per heavy atom. The minimum absolute atomic E-state index is 0.246. The zero-order valence-corrected chi connectivity index (χ0v) is 62.3. The zero-order chi connectivity index (χ0) is 76.4. The summed E-state index contributed by atoms with van der Waals surface area (Å²) >= 11 is 1.66. The maximum Gasteiger partial charge on any atom is 0.154 e. The van der Waals surface area contributed by atoms with E-state index in [0.717, 1.165) is 145 Å². The topological polar surface area (TPSA) is 218 Å². The average Bonchev–Trinajstić information content (AvgIpc) is 1.48. The van der Waals surface area contributed by atoms with Crippen LogP contribution in [0.25, 0.3) is 161 Å². The van der Waals surface area contributed by atoms with Gasteiger partial charge in [-0.1, -0.05) is 223 Å². The molecule has 0 bridgehead atoms. The van der Waals surface area contributed by atoms with Crippen molar-refractivity contribution in [3.8, 4) is 141 Å². The molecule has 8 aromatic heterocycles. The summed E-state index contributed by atoms with van der Waals surface area (Å²) in [5.41, 5.74) is 18.7. The number of aromatic nitrogens is 10. The summed E-state index contributed by atoms with van der Waals surface area (Å²) in [5.74, 6) is 3.14. The van der Waals surface area contributed by atoms with Crippen molar-refractivity contribution >= 4 is 54.4 Å². The molecular formula is C95H74N10O6S. The minimum atomic E-state index is 0.246. The number of nitrogens with one attached hydrogen (secondary N) is 3. The largest absolute Gasteiger partial charge is 0.507 e. The van der Waals surface area contributed by atoms with Crippen LogP contribution in [0.15, 0.2) is 348 Å². The molecule has 17 heteroatoms. The van der Waals surface area contributed by atoms with Crippen LogP contribution >= 0.6 is 11.3 Å². The first-order chi connectivity index (χ1) is 55.0. The molecule has 20 aromatic rings. The summed E-state index contributed by atoms with van der Waals surface area (Å²) < 4.78 is 20.2. The molecule has 0 spiro atoms. The van der Waals surface area contributed by atoms with Gasteiger partial charge in [-0.3, -0.25) is 20.0 Å². The van der Waals surface area contributed by atoms with Crippen LogP contribution in [0.5, 0.6) is 23.0 Å². The predicted molar refractivity (Wildman–Crippen MR) is 450 cm³/mol. The molecule has 0 aliphatic carbocycles. The smallest absolute Gasteiger partial charge is 0.154 e. The molecule has 20 rings (SSSR count). The number of para-hydroxylation sites is 2. The van der Waals surface area contributed by atoms with Crippen molar-refractivity contribution in [2.45, 2.75) is 13.8 Å². The first-order valence-corrected chi connectivity index (χ1v) is 37.2. The summed E-state index contributed by atoms with van der Waals surface area (Å²) in [7, 11) is 3.60. The molecule has 112 heavy (non-hydrogen) atoms. The number of hydrogen-bond donors (Lipinski definition) is 6. The first-order valence-electron chi connectivity index (χ1n) is 36.3. The number of H-pyrrole nitrogens is 3. The highest BCUT2D eigenvalue weighted by molar-refractivity contribution is 7.13. The number of ether oxygens (including phenoxy) is 1. The molecule has 0 aliphatic rings. The van der Waals surface area contributed by atoms with E-state index < -0.39 is 0 Å². The number of phenols is 3. The molecule has 0 radical (unpaired) electrons. The highest BCUT2D eigenvalue weighted by atomic mass is 32.1. The number of fused-ring (bicyclic) bond motifs is 4. The molecule has 8 heterocycles. The number of rotatable bonds is 12. The highest BCUT2D eigenvalue weighted by Gasteiger charge is 2.21. The number of phenolic OH excluding ortho intramolecular Hbond substituents is 3. The molecule has 546 valence electrons. The van der Waals surface area contributed by atoms with E-state index in [2.05, 4.69) is 147 Å². The van der Waals surface area contributed by atoms with Crippen LogP contribution in [0.1, 0.15) is 11.1 Å². The first kappa shape index (κ1) is 71.4. The van der Waals surface area contributed by atoms with Gasteiger partial charge < -0.3 is 28.9 Å². The van der Waals surface area contributed by atoms with Gasteiger partial charge in [0.05, 0.1) is 75.8 Å². The lowest BCUT2D eigenvalue weighted by molar-refractivity contribution is 0.421. The van der Waals surface area contributed by atoms with Crippen LogP contribution in [0.3, 0.4) is 0 Å². The second-order valence-electron chi connectivity index (χ2n) is 26.6. The van der Waals surface area contributed by atoms with Crippen molar-refractivity contribution in [1.82, 2.24) is 50.2 Å². The van der Waals surface area contributed by atoms with Crippen LogP contribution in [-0.4, -0.2) is 72.6 Å². The monoisotopic (exact) mass is 1480 g/mol. The van der Waals surface area contributed by atoms with E-state index in [4.69, 9.17) is 18.7 Å². The Balaban J connectivity index is 0.000000106. The summed E-state index contributed by atoms with van der Waals surface area (Å²) in [4.78, 5) is 1.13. The van der Waals surface area contributed by atoms with E-state index in [-0.39, 0.29) is 17.2 Å². The quantitative estimate of drug-likeness (QED) is 0.0676. The minimum Gasteiger partial charge on any atom is -0.507 e. The summed E-state index contributed by atoms with van der Waals surface area (Å²) in [6.07, 6.45) is 3.29. The maximum atomic E-state index is 10.9. The molecule has 0 atom stereocenters. The van der Waals surface area contributed by atoms with E-state index in [0.29, 0.717) is 11.5 Å². The van der Waals surface area contributed by atoms with Gasteiger partial charge in [-0.15, -0.1) is 11.3 Å². The molecule has 0 fully saturated rings. The molecule has 6 N–H and O–H groups in total. The van der Waals surface area contributed by atoms with Crippen LogP contribution in [-0.2, 0) is 7.05 Å². The number of aromatic amines is 3. The van der Waals surface area contributed by atoms with Crippen molar-refractivity contribution in [3.05, 3.63) is 351 Å². The van der Waals surface area contributed by atoms with Gasteiger partial charge in [0, 0.05) is 62.2 Å². The van der Waals surface area contributed by atoms with Gasteiger partial charge in [0.1, 0.15) is 34.4 Å². The lowest BCUT2D eigenvalue weighted by Gasteiger charge is -2.11. The Morgan fingerprint density at radius 3 is 1.59 bits per heavy atom. The fraction of sp³-hybridized carbons (Fsp3) is 0.0421. The third kappa shape index (κ3) is 15.3. The van der Waals surface area contributed by atoms with Crippen molar-refractivity contribution in [2.75, 3.05) is 7.11 Å². The normalized spacial score (nSPS) is 11.0. The van der Waals surface area contributed by atoms with Crippen LogP contribution in [0, 0.1) is 13.8 Å². The molecule has 0 saturated heterocycles. The van der Waals surface area contributed by atoms with E-state index in [1.165, 1.54) is 21.9 Å². The van der Waals surface area contributed by atoms with E-state index in [1.807, 2.05) is 235 Å². The fourth-order valence-electron chi connectivity index (χ4n) is 13.7. The standard InChI is InChI=1S/C23H16N2O2.C21H18N2O.C17H12N2OS.C17H12N2O.C17H16N2O/c26-23-18-10-5-4-7-16(18)12-13-19(23)21-15-20(22-11-6-14-27-22)24-25(21)17-8-2-1-3-9-17;1-14-7-9-16(10-8-14)19-13-20(23-22-19)18-12-11-15-5-3-4-6-17(15)21(18)24-2;20-17-12-5-2-1-4-11(12)7-8-13(17)14-10-15(19-18-14)16-6-3-9-21-16;1-2-7-13-12(5-1)6-3-8-14(13)15-11-16(19-18-15)17-9-4-10-20-17;1-12-6-5-7-13(10-12)15-11-16(19(2)18-15)14-8-3-4-9-17(14)20/h1-15,26H;3-13H,1-2H3,(H,22,23);1-10,20H,(H,18,19);1-11H,(H,18,19);3-11,20H,1-2H3. The number of nitrogens with zero attached hydrogens (tertiary/aromatic N) is 7.